The minimum Gasteiger partial charge on any atom is -0.492 e. The summed E-state index contributed by atoms with van der Waals surface area (Å²) in [6.07, 6.45) is 0. The molecule has 0 saturated heterocycles. The van der Waals surface area contributed by atoms with Crippen molar-refractivity contribution in [3.05, 3.63) is 53.6 Å². The molecular formula is C21H27N3O3. The van der Waals surface area contributed by atoms with E-state index >= 15 is 0 Å². The van der Waals surface area contributed by atoms with Gasteiger partial charge in [-0.1, -0.05) is 30.3 Å². The fraction of sp³-hybridized carbons (Fsp3) is 0.333. The zero-order valence-electron chi connectivity index (χ0n) is 16.3. The average Bonchev–Trinajstić information content (AvgIpc) is 2.64. The highest BCUT2D eigenvalue weighted by Gasteiger charge is 2.16. The fourth-order valence-corrected chi connectivity index (χ4v) is 2.68. The van der Waals surface area contributed by atoms with Crippen molar-refractivity contribution in [3.8, 4) is 5.75 Å². The highest BCUT2D eigenvalue weighted by Crippen LogP contribution is 2.24. The summed E-state index contributed by atoms with van der Waals surface area (Å²) < 4.78 is 5.55. The predicted molar refractivity (Wildman–Crippen MR) is 108 cm³/mol. The number of nitrogens with one attached hydrogen (secondary N) is 3. The Kier molecular flexibility index (Phi) is 7.23. The van der Waals surface area contributed by atoms with Crippen molar-refractivity contribution in [2.24, 2.45) is 0 Å². The van der Waals surface area contributed by atoms with Gasteiger partial charge in [-0.2, -0.15) is 0 Å². The zero-order chi connectivity index (χ0) is 19.8. The van der Waals surface area contributed by atoms with E-state index in [4.69, 9.17) is 4.74 Å². The molecule has 6 nitrogen and oxygen atoms in total. The summed E-state index contributed by atoms with van der Waals surface area (Å²) in [6.45, 7) is 7.96. The van der Waals surface area contributed by atoms with Crippen molar-refractivity contribution < 1.29 is 14.3 Å². The summed E-state index contributed by atoms with van der Waals surface area (Å²) in [4.78, 5) is 24.5. The normalized spacial score (nSPS) is 11.4. The van der Waals surface area contributed by atoms with Crippen LogP contribution in [0.2, 0.25) is 0 Å². The topological polar surface area (TPSA) is 79.5 Å². The average molecular weight is 369 g/mol. The van der Waals surface area contributed by atoms with Gasteiger partial charge in [-0.15, -0.1) is 0 Å². The van der Waals surface area contributed by atoms with E-state index in [1.807, 2.05) is 63.2 Å². The van der Waals surface area contributed by atoms with Gasteiger partial charge < -0.3 is 20.7 Å². The highest BCUT2D eigenvalue weighted by atomic mass is 16.5. The number of rotatable bonds is 8. The highest BCUT2D eigenvalue weighted by molar-refractivity contribution is 5.96. The van der Waals surface area contributed by atoms with Gasteiger partial charge in [-0.25, -0.2) is 0 Å². The van der Waals surface area contributed by atoms with Crippen LogP contribution >= 0.6 is 0 Å². The molecule has 0 saturated carbocycles. The maximum Gasteiger partial charge on any atom is 0.243 e. The van der Waals surface area contributed by atoms with Crippen LogP contribution in [0.1, 0.15) is 25.0 Å². The van der Waals surface area contributed by atoms with Crippen molar-refractivity contribution in [1.82, 2.24) is 5.32 Å². The summed E-state index contributed by atoms with van der Waals surface area (Å²) in [6, 6.07) is 12.7. The maximum atomic E-state index is 12.3. The lowest BCUT2D eigenvalue weighted by Crippen LogP contribution is -2.41. The maximum absolute atomic E-state index is 12.3. The smallest absolute Gasteiger partial charge is 0.243 e. The third-order valence-corrected chi connectivity index (χ3v) is 4.12. The minimum atomic E-state index is -0.514. The van der Waals surface area contributed by atoms with Crippen LogP contribution in [0.25, 0.3) is 0 Å². The van der Waals surface area contributed by atoms with Crippen LogP contribution in [0.15, 0.2) is 42.5 Å². The van der Waals surface area contributed by atoms with Crippen LogP contribution in [-0.4, -0.2) is 31.0 Å². The van der Waals surface area contributed by atoms with E-state index in [1.54, 1.807) is 6.92 Å². The molecule has 1 atom stereocenters. The number of hydrogen-bond acceptors (Lipinski definition) is 4. The number of hydrogen-bond donors (Lipinski definition) is 3. The van der Waals surface area contributed by atoms with E-state index in [0.29, 0.717) is 12.4 Å². The second kappa shape index (κ2) is 9.62. The Morgan fingerprint density at radius 1 is 1.04 bits per heavy atom. The lowest BCUT2D eigenvalue weighted by Gasteiger charge is -2.18. The summed E-state index contributed by atoms with van der Waals surface area (Å²) in [5.74, 6) is 0.160. The van der Waals surface area contributed by atoms with Gasteiger partial charge in [0.15, 0.2) is 0 Å². The van der Waals surface area contributed by atoms with E-state index in [-0.39, 0.29) is 18.4 Å². The van der Waals surface area contributed by atoms with Gasteiger partial charge in [0, 0.05) is 5.69 Å². The third kappa shape index (κ3) is 5.74. The summed E-state index contributed by atoms with van der Waals surface area (Å²) in [5, 5.41) is 8.63. The number of anilines is 2. The van der Waals surface area contributed by atoms with Crippen molar-refractivity contribution in [2.45, 2.75) is 33.7 Å². The van der Waals surface area contributed by atoms with Crippen molar-refractivity contribution in [3.63, 3.8) is 0 Å². The molecule has 0 aromatic heterocycles. The molecule has 2 aromatic rings. The van der Waals surface area contributed by atoms with Gasteiger partial charge >= 0.3 is 0 Å². The molecular weight excluding hydrogens is 342 g/mol. The van der Waals surface area contributed by atoms with Crippen LogP contribution in [0.3, 0.4) is 0 Å². The third-order valence-electron chi connectivity index (χ3n) is 4.12. The van der Waals surface area contributed by atoms with Gasteiger partial charge in [-0.3, -0.25) is 9.59 Å². The molecule has 0 heterocycles. The van der Waals surface area contributed by atoms with Crippen LogP contribution < -0.4 is 20.7 Å². The number of aryl methyl sites for hydroxylation is 2. The fourth-order valence-electron chi connectivity index (χ4n) is 2.68. The number of ether oxygens (including phenoxy) is 1. The predicted octanol–water partition coefficient (Wildman–Crippen LogP) is 3.26. The van der Waals surface area contributed by atoms with Crippen LogP contribution in [0.5, 0.6) is 5.75 Å². The molecule has 27 heavy (non-hydrogen) atoms. The van der Waals surface area contributed by atoms with Crippen LogP contribution in [0.4, 0.5) is 11.4 Å². The Labute approximate surface area is 160 Å². The lowest BCUT2D eigenvalue weighted by atomic mass is 10.1. The second-order valence-electron chi connectivity index (χ2n) is 6.33. The zero-order valence-corrected chi connectivity index (χ0v) is 16.3. The molecule has 0 unspecified atom stereocenters. The summed E-state index contributed by atoms with van der Waals surface area (Å²) >= 11 is 0. The molecule has 0 aliphatic carbocycles. The van der Waals surface area contributed by atoms with Crippen molar-refractivity contribution in [2.75, 3.05) is 23.8 Å². The number of carbonyl (C=O) groups excluding carboxylic acids is 2. The van der Waals surface area contributed by atoms with Crippen molar-refractivity contribution in [1.29, 1.82) is 0 Å². The monoisotopic (exact) mass is 369 g/mol. The van der Waals surface area contributed by atoms with E-state index in [9.17, 15) is 9.59 Å². The van der Waals surface area contributed by atoms with Gasteiger partial charge in [0.05, 0.1) is 18.8 Å². The Morgan fingerprint density at radius 3 is 2.37 bits per heavy atom. The van der Waals surface area contributed by atoms with Crippen LogP contribution in [0, 0.1) is 13.8 Å². The molecule has 6 heteroatoms. The Bertz CT molecular complexity index is 785. The molecule has 0 bridgehead atoms. The molecule has 2 rings (SSSR count). The van der Waals surface area contributed by atoms with E-state index < -0.39 is 6.04 Å². The molecule has 0 spiro atoms. The summed E-state index contributed by atoms with van der Waals surface area (Å²) in [5.41, 5.74) is 3.49. The Hall–Kier alpha value is -3.02. The second-order valence-corrected chi connectivity index (χ2v) is 6.33. The van der Waals surface area contributed by atoms with Gasteiger partial charge in [0.2, 0.25) is 11.8 Å². The largest absolute Gasteiger partial charge is 0.492 e. The standard InChI is InChI=1S/C21H27N3O3/c1-5-27-18-12-7-6-11-17(18)23-16(4)21(26)22-13-19(25)24-20-14(2)9-8-10-15(20)3/h6-12,16,23H,5,13H2,1-4H3,(H,22,26)(H,24,25)/t16-/m0/s1. The first kappa shape index (κ1) is 20.3. The molecule has 144 valence electrons. The van der Waals surface area contributed by atoms with E-state index in [2.05, 4.69) is 16.0 Å². The quantitative estimate of drug-likeness (QED) is 0.667. The molecule has 0 aliphatic heterocycles. The van der Waals surface area contributed by atoms with Crippen molar-refractivity contribution >= 4 is 23.2 Å². The number of amides is 2. The minimum absolute atomic E-state index is 0.0915. The SMILES string of the molecule is CCOc1ccccc1N[C@@H](C)C(=O)NCC(=O)Nc1c(C)cccc1C. The number of para-hydroxylation sites is 3. The van der Waals surface area contributed by atoms with Crippen LogP contribution in [-0.2, 0) is 9.59 Å². The van der Waals surface area contributed by atoms with Gasteiger partial charge in [0.25, 0.3) is 0 Å². The van der Waals surface area contributed by atoms with Gasteiger partial charge in [-0.05, 0) is 51.0 Å². The molecule has 2 aromatic carbocycles. The molecule has 0 fully saturated rings. The first-order valence-electron chi connectivity index (χ1n) is 9.04. The first-order valence-corrected chi connectivity index (χ1v) is 9.04. The number of benzene rings is 2. The first-order chi connectivity index (χ1) is 12.9. The summed E-state index contributed by atoms with van der Waals surface area (Å²) in [7, 11) is 0. The molecule has 0 aliphatic rings. The molecule has 0 radical (unpaired) electrons. The van der Waals surface area contributed by atoms with Gasteiger partial charge in [0.1, 0.15) is 11.8 Å². The lowest BCUT2D eigenvalue weighted by molar-refractivity contribution is -0.124. The molecule has 3 N–H and O–H groups in total. The van der Waals surface area contributed by atoms with E-state index in [0.717, 1.165) is 22.5 Å². The Morgan fingerprint density at radius 2 is 1.70 bits per heavy atom. The van der Waals surface area contributed by atoms with E-state index in [1.165, 1.54) is 0 Å². The Balaban J connectivity index is 1.89. The molecule has 2 amide bonds. The number of carbonyl (C=O) groups is 2.